The summed E-state index contributed by atoms with van der Waals surface area (Å²) in [6.45, 7) is -0.00104. The molecule has 0 radical (unpaired) electrons. The van der Waals surface area contributed by atoms with Crippen LogP contribution in [0.15, 0.2) is 16.6 Å². The number of benzene rings is 1. The number of carboxylic acids is 1. The van der Waals surface area contributed by atoms with Crippen molar-refractivity contribution in [1.82, 2.24) is 4.72 Å². The second-order valence-corrected chi connectivity index (χ2v) is 6.38. The van der Waals surface area contributed by atoms with Gasteiger partial charge in [0.2, 0.25) is 10.0 Å². The van der Waals surface area contributed by atoms with Crippen LogP contribution >= 0.6 is 15.9 Å². The first-order valence-electron chi connectivity index (χ1n) is 5.15. The Kier molecular flexibility index (Phi) is 5.27. The lowest BCUT2D eigenvalue weighted by molar-refractivity contribution is 0.0695. The number of halogens is 2. The summed E-state index contributed by atoms with van der Waals surface area (Å²) in [4.78, 5) is 10.8. The van der Waals surface area contributed by atoms with Crippen LogP contribution in [0.2, 0.25) is 0 Å². The fourth-order valence-electron chi connectivity index (χ4n) is 1.27. The molecular weight excluding hydrogens is 343 g/mol. The van der Waals surface area contributed by atoms with Gasteiger partial charge in [0.25, 0.3) is 0 Å². The lowest BCUT2D eigenvalue weighted by atomic mass is 10.2. The summed E-state index contributed by atoms with van der Waals surface area (Å²) in [5.41, 5.74) is -0.172. The summed E-state index contributed by atoms with van der Waals surface area (Å²) in [7, 11) is -2.09. The Labute approximate surface area is 118 Å². The van der Waals surface area contributed by atoms with Gasteiger partial charge in [-0.25, -0.2) is 22.3 Å². The van der Waals surface area contributed by atoms with Crippen LogP contribution in [0, 0.1) is 5.82 Å². The van der Waals surface area contributed by atoms with Crippen LogP contribution in [0.25, 0.3) is 0 Å². The third-order valence-corrected chi connectivity index (χ3v) is 4.45. The molecule has 0 atom stereocenters. The van der Waals surface area contributed by atoms with Crippen molar-refractivity contribution in [2.75, 3.05) is 24.7 Å². The molecule has 9 heteroatoms. The molecule has 0 amide bonds. The molecule has 0 heterocycles. The molecule has 0 aliphatic rings. The molecule has 0 bridgehead atoms. The van der Waals surface area contributed by atoms with Crippen molar-refractivity contribution in [3.05, 3.63) is 28.0 Å². The molecule has 19 heavy (non-hydrogen) atoms. The predicted octanol–water partition coefficient (Wildman–Crippen LogP) is 1.25. The highest BCUT2D eigenvalue weighted by Crippen LogP contribution is 2.26. The standard InChI is InChI=1S/C10H12BrFN2O4S/c1-13-19(17,18)5-4-14-7-3-2-6(10(15)16)8(11)9(7)12/h2-3,13-14H,4-5H2,1H3,(H,15,16). The highest BCUT2D eigenvalue weighted by molar-refractivity contribution is 9.10. The van der Waals surface area contributed by atoms with Gasteiger partial charge in [0, 0.05) is 6.54 Å². The molecule has 0 aromatic heterocycles. The van der Waals surface area contributed by atoms with Gasteiger partial charge in [0.15, 0.2) is 5.82 Å². The number of anilines is 1. The van der Waals surface area contributed by atoms with E-state index in [-0.39, 0.29) is 28.0 Å². The van der Waals surface area contributed by atoms with E-state index < -0.39 is 21.8 Å². The van der Waals surface area contributed by atoms with Crippen LogP contribution in [0.1, 0.15) is 10.4 Å². The molecule has 0 saturated heterocycles. The summed E-state index contributed by atoms with van der Waals surface area (Å²) < 4.78 is 38.0. The Bertz CT molecular complexity index is 591. The first-order chi connectivity index (χ1) is 8.78. The maximum Gasteiger partial charge on any atom is 0.336 e. The molecule has 0 aliphatic heterocycles. The van der Waals surface area contributed by atoms with Gasteiger partial charge in [-0.15, -0.1) is 0 Å². The summed E-state index contributed by atoms with van der Waals surface area (Å²) in [6.07, 6.45) is 0. The molecule has 3 N–H and O–H groups in total. The van der Waals surface area contributed by atoms with Gasteiger partial charge in [-0.1, -0.05) is 0 Å². The lowest BCUT2D eigenvalue weighted by Crippen LogP contribution is -2.26. The van der Waals surface area contributed by atoms with Gasteiger partial charge in [0.05, 0.1) is 21.5 Å². The highest BCUT2D eigenvalue weighted by atomic mass is 79.9. The first-order valence-corrected chi connectivity index (χ1v) is 7.59. The van der Waals surface area contributed by atoms with E-state index in [1.54, 1.807) is 0 Å². The third kappa shape index (κ3) is 4.15. The average molecular weight is 355 g/mol. The molecule has 1 aromatic carbocycles. The van der Waals surface area contributed by atoms with Gasteiger partial charge in [-0.3, -0.25) is 0 Å². The second-order valence-electron chi connectivity index (χ2n) is 3.54. The van der Waals surface area contributed by atoms with Gasteiger partial charge >= 0.3 is 5.97 Å². The van der Waals surface area contributed by atoms with E-state index in [9.17, 15) is 17.6 Å². The molecule has 0 spiro atoms. The van der Waals surface area contributed by atoms with Crippen molar-refractivity contribution in [3.63, 3.8) is 0 Å². The van der Waals surface area contributed by atoms with Crippen molar-refractivity contribution in [1.29, 1.82) is 0 Å². The molecular formula is C10H12BrFN2O4S. The largest absolute Gasteiger partial charge is 0.478 e. The molecule has 1 aromatic rings. The van der Waals surface area contributed by atoms with Crippen LogP contribution in [-0.2, 0) is 10.0 Å². The monoisotopic (exact) mass is 354 g/mol. The quantitative estimate of drug-likeness (QED) is 0.714. The minimum Gasteiger partial charge on any atom is -0.478 e. The van der Waals surface area contributed by atoms with Crippen molar-refractivity contribution < 1.29 is 22.7 Å². The number of nitrogens with one attached hydrogen (secondary N) is 2. The summed E-state index contributed by atoms with van der Waals surface area (Å²) >= 11 is 2.85. The van der Waals surface area contributed by atoms with Gasteiger partial charge in [0.1, 0.15) is 0 Å². The number of hydrogen-bond donors (Lipinski definition) is 3. The molecule has 0 fully saturated rings. The molecule has 106 valence electrons. The number of carboxylic acid groups (broad SMARTS) is 1. The van der Waals surface area contributed by atoms with Gasteiger partial charge in [-0.05, 0) is 35.1 Å². The molecule has 1 rings (SSSR count). The van der Waals surface area contributed by atoms with E-state index in [2.05, 4.69) is 26.0 Å². The van der Waals surface area contributed by atoms with Crippen LogP contribution in [0.5, 0.6) is 0 Å². The number of carbonyl (C=O) groups is 1. The van der Waals surface area contributed by atoms with E-state index in [1.165, 1.54) is 19.2 Å². The SMILES string of the molecule is CNS(=O)(=O)CCNc1ccc(C(=O)O)c(Br)c1F. The van der Waals surface area contributed by atoms with Crippen molar-refractivity contribution in [2.45, 2.75) is 0 Å². The fourth-order valence-corrected chi connectivity index (χ4v) is 2.36. The average Bonchev–Trinajstić information content (AvgIpc) is 2.34. The van der Waals surface area contributed by atoms with E-state index in [1.807, 2.05) is 0 Å². The Hall–Kier alpha value is -1.19. The van der Waals surface area contributed by atoms with Crippen LogP contribution in [-0.4, -0.2) is 38.8 Å². The van der Waals surface area contributed by atoms with E-state index in [0.29, 0.717) is 0 Å². The maximum atomic E-state index is 13.8. The van der Waals surface area contributed by atoms with Crippen molar-refractivity contribution in [3.8, 4) is 0 Å². The number of rotatable bonds is 6. The number of aromatic carboxylic acids is 1. The van der Waals surface area contributed by atoms with Gasteiger partial charge in [-0.2, -0.15) is 0 Å². The highest BCUT2D eigenvalue weighted by Gasteiger charge is 2.16. The number of hydrogen-bond acceptors (Lipinski definition) is 4. The van der Waals surface area contributed by atoms with Crippen LogP contribution in [0.4, 0.5) is 10.1 Å². The Morgan fingerprint density at radius 2 is 2.11 bits per heavy atom. The maximum absolute atomic E-state index is 13.8. The topological polar surface area (TPSA) is 95.5 Å². The fraction of sp³-hybridized carbons (Fsp3) is 0.300. The van der Waals surface area contributed by atoms with Crippen LogP contribution in [0.3, 0.4) is 0 Å². The van der Waals surface area contributed by atoms with E-state index >= 15 is 0 Å². The third-order valence-electron chi connectivity index (χ3n) is 2.31. The minimum absolute atomic E-state index is 0.00104. The molecule has 6 nitrogen and oxygen atoms in total. The second kappa shape index (κ2) is 6.31. The van der Waals surface area contributed by atoms with E-state index in [0.717, 1.165) is 0 Å². The zero-order valence-electron chi connectivity index (χ0n) is 9.91. The normalized spacial score (nSPS) is 11.3. The molecule has 0 unspecified atom stereocenters. The number of sulfonamides is 1. The van der Waals surface area contributed by atoms with E-state index in [4.69, 9.17) is 5.11 Å². The Morgan fingerprint density at radius 3 is 2.63 bits per heavy atom. The van der Waals surface area contributed by atoms with Crippen LogP contribution < -0.4 is 10.0 Å². The summed E-state index contributed by atoms with van der Waals surface area (Å²) in [5, 5.41) is 11.4. The Balaban J connectivity index is 2.82. The zero-order chi connectivity index (χ0) is 14.6. The van der Waals surface area contributed by atoms with Crippen molar-refractivity contribution >= 4 is 37.6 Å². The lowest BCUT2D eigenvalue weighted by Gasteiger charge is -2.10. The van der Waals surface area contributed by atoms with Crippen molar-refractivity contribution in [2.24, 2.45) is 0 Å². The zero-order valence-corrected chi connectivity index (χ0v) is 12.3. The van der Waals surface area contributed by atoms with Gasteiger partial charge < -0.3 is 10.4 Å². The Morgan fingerprint density at radius 1 is 1.47 bits per heavy atom. The summed E-state index contributed by atoms with van der Waals surface area (Å²) in [6, 6.07) is 2.47. The molecule has 0 aliphatic carbocycles. The summed E-state index contributed by atoms with van der Waals surface area (Å²) in [5.74, 6) is -2.25. The predicted molar refractivity (Wildman–Crippen MR) is 72.4 cm³/mol. The molecule has 0 saturated carbocycles. The first kappa shape index (κ1) is 15.9. The minimum atomic E-state index is -3.37. The smallest absolute Gasteiger partial charge is 0.336 e.